The molecule has 0 heterocycles. The Hall–Kier alpha value is -1.88. The van der Waals surface area contributed by atoms with E-state index in [1.54, 1.807) is 24.3 Å². The second-order valence-electron chi connectivity index (χ2n) is 6.10. The van der Waals surface area contributed by atoms with Crippen LogP contribution in [0.4, 0.5) is 5.69 Å². The number of carbonyl (C=O) groups excluding carboxylic acids is 2. The lowest BCUT2D eigenvalue weighted by Crippen LogP contribution is -2.32. The highest BCUT2D eigenvalue weighted by molar-refractivity contribution is 6.03. The van der Waals surface area contributed by atoms with Crippen LogP contribution in [0.5, 0.6) is 0 Å². The zero-order chi connectivity index (χ0) is 17.2. The predicted octanol–water partition coefficient (Wildman–Crippen LogP) is 3.22. The van der Waals surface area contributed by atoms with Crippen LogP contribution in [0.25, 0.3) is 0 Å². The number of carbonyl (C=O) groups is 2. The van der Waals surface area contributed by atoms with E-state index in [4.69, 9.17) is 4.74 Å². The second kappa shape index (κ2) is 10.0. The van der Waals surface area contributed by atoms with Crippen molar-refractivity contribution in [3.8, 4) is 0 Å². The zero-order valence-corrected chi connectivity index (χ0v) is 14.5. The van der Waals surface area contributed by atoms with E-state index in [1.807, 2.05) is 13.8 Å². The monoisotopic (exact) mass is 320 g/mol. The first kappa shape index (κ1) is 19.2. The summed E-state index contributed by atoms with van der Waals surface area (Å²) < 4.78 is 5.41. The number of para-hydroxylation sites is 1. The Balaban J connectivity index is 2.59. The molecule has 1 atom stereocenters. The van der Waals surface area contributed by atoms with Crippen LogP contribution in [0.2, 0.25) is 0 Å². The molecule has 5 nitrogen and oxygen atoms in total. The molecule has 0 aliphatic heterocycles. The molecule has 0 bridgehead atoms. The number of amides is 2. The molecule has 1 rings (SSSR count). The first-order chi connectivity index (χ1) is 10.9. The van der Waals surface area contributed by atoms with Crippen LogP contribution in [0.3, 0.4) is 0 Å². The number of anilines is 1. The second-order valence-corrected chi connectivity index (χ2v) is 6.10. The van der Waals surface area contributed by atoms with Gasteiger partial charge in [0.05, 0.1) is 24.3 Å². The van der Waals surface area contributed by atoms with Crippen LogP contribution in [-0.2, 0) is 9.53 Å². The van der Waals surface area contributed by atoms with Crippen molar-refractivity contribution < 1.29 is 14.3 Å². The fourth-order valence-electron chi connectivity index (χ4n) is 1.89. The molecule has 23 heavy (non-hydrogen) atoms. The van der Waals surface area contributed by atoms with Crippen LogP contribution in [0, 0.1) is 5.92 Å². The van der Waals surface area contributed by atoms with Crippen LogP contribution in [0.1, 0.15) is 50.9 Å². The van der Waals surface area contributed by atoms with Crippen molar-refractivity contribution in [2.75, 3.05) is 18.5 Å². The van der Waals surface area contributed by atoms with Crippen molar-refractivity contribution in [2.24, 2.45) is 5.92 Å². The summed E-state index contributed by atoms with van der Waals surface area (Å²) >= 11 is 0. The van der Waals surface area contributed by atoms with E-state index in [0.29, 0.717) is 30.4 Å². The first-order valence-corrected chi connectivity index (χ1v) is 8.21. The number of hydrogen-bond donors (Lipinski definition) is 2. The molecule has 1 unspecified atom stereocenters. The molecule has 0 aliphatic rings. The normalized spacial score (nSPS) is 12.0. The van der Waals surface area contributed by atoms with E-state index in [1.165, 1.54) is 0 Å². The van der Waals surface area contributed by atoms with Crippen molar-refractivity contribution >= 4 is 17.5 Å². The average molecular weight is 320 g/mol. The molecule has 0 spiro atoms. The van der Waals surface area contributed by atoms with Gasteiger partial charge in [-0.25, -0.2) is 0 Å². The summed E-state index contributed by atoms with van der Waals surface area (Å²) in [6.07, 6.45) is 1.13. The van der Waals surface area contributed by atoms with Gasteiger partial charge in [-0.2, -0.15) is 0 Å². The van der Waals surface area contributed by atoms with Gasteiger partial charge in [-0.1, -0.05) is 32.9 Å². The van der Waals surface area contributed by atoms with Gasteiger partial charge in [0.15, 0.2) is 0 Å². The SMILES string of the molecule is CCC(C)NC(=O)c1ccccc1NC(=O)CCOCC(C)C. The summed E-state index contributed by atoms with van der Waals surface area (Å²) in [5.74, 6) is 0.117. The van der Waals surface area contributed by atoms with Gasteiger partial charge in [-0.3, -0.25) is 9.59 Å². The van der Waals surface area contributed by atoms with E-state index < -0.39 is 0 Å². The van der Waals surface area contributed by atoms with Gasteiger partial charge in [0.25, 0.3) is 5.91 Å². The topological polar surface area (TPSA) is 67.4 Å². The van der Waals surface area contributed by atoms with Crippen LogP contribution >= 0.6 is 0 Å². The summed E-state index contributed by atoms with van der Waals surface area (Å²) in [7, 11) is 0. The van der Waals surface area contributed by atoms with Gasteiger partial charge < -0.3 is 15.4 Å². The summed E-state index contributed by atoms with van der Waals surface area (Å²) in [6.45, 7) is 9.10. The van der Waals surface area contributed by atoms with E-state index >= 15 is 0 Å². The van der Waals surface area contributed by atoms with Crippen molar-refractivity contribution in [3.05, 3.63) is 29.8 Å². The first-order valence-electron chi connectivity index (χ1n) is 8.21. The lowest BCUT2D eigenvalue weighted by molar-refractivity contribution is -0.117. The summed E-state index contributed by atoms with van der Waals surface area (Å²) in [4.78, 5) is 24.3. The molecular weight excluding hydrogens is 292 g/mol. The largest absolute Gasteiger partial charge is 0.381 e. The highest BCUT2D eigenvalue weighted by Gasteiger charge is 2.14. The van der Waals surface area contributed by atoms with Crippen molar-refractivity contribution in [3.63, 3.8) is 0 Å². The minimum atomic E-state index is -0.175. The van der Waals surface area contributed by atoms with E-state index in [-0.39, 0.29) is 24.3 Å². The lowest BCUT2D eigenvalue weighted by atomic mass is 10.1. The molecule has 2 N–H and O–H groups in total. The molecule has 0 radical (unpaired) electrons. The minimum Gasteiger partial charge on any atom is -0.381 e. The quantitative estimate of drug-likeness (QED) is 0.687. The van der Waals surface area contributed by atoms with Crippen molar-refractivity contribution in [2.45, 2.75) is 46.6 Å². The third-order valence-electron chi connectivity index (χ3n) is 3.36. The maximum absolute atomic E-state index is 12.3. The molecule has 1 aromatic rings. The smallest absolute Gasteiger partial charge is 0.253 e. The molecule has 0 aromatic heterocycles. The van der Waals surface area contributed by atoms with Crippen molar-refractivity contribution in [1.82, 2.24) is 5.32 Å². The predicted molar refractivity (Wildman–Crippen MR) is 92.6 cm³/mol. The molecule has 2 amide bonds. The van der Waals surface area contributed by atoms with E-state index in [9.17, 15) is 9.59 Å². The third kappa shape index (κ3) is 7.28. The Kier molecular flexibility index (Phi) is 8.33. The molecular formula is C18H28N2O3. The van der Waals surface area contributed by atoms with E-state index in [2.05, 4.69) is 24.5 Å². The van der Waals surface area contributed by atoms with Gasteiger partial charge in [0, 0.05) is 12.6 Å². The van der Waals surface area contributed by atoms with Crippen molar-refractivity contribution in [1.29, 1.82) is 0 Å². The zero-order valence-electron chi connectivity index (χ0n) is 14.5. The number of rotatable bonds is 9. The van der Waals surface area contributed by atoms with Gasteiger partial charge in [0.2, 0.25) is 5.91 Å². The fraction of sp³-hybridized carbons (Fsp3) is 0.556. The maximum atomic E-state index is 12.3. The van der Waals surface area contributed by atoms with Gasteiger partial charge >= 0.3 is 0 Å². The fourth-order valence-corrected chi connectivity index (χ4v) is 1.89. The molecule has 128 valence electrons. The van der Waals surface area contributed by atoms with Gasteiger partial charge in [-0.05, 0) is 31.4 Å². The number of benzene rings is 1. The molecule has 0 saturated carbocycles. The Morgan fingerprint density at radius 1 is 1.17 bits per heavy atom. The molecule has 0 saturated heterocycles. The number of hydrogen-bond acceptors (Lipinski definition) is 3. The molecule has 5 heteroatoms. The number of ether oxygens (including phenoxy) is 1. The summed E-state index contributed by atoms with van der Waals surface area (Å²) in [5, 5.41) is 5.70. The Morgan fingerprint density at radius 2 is 1.87 bits per heavy atom. The Morgan fingerprint density at radius 3 is 2.52 bits per heavy atom. The Bertz CT molecular complexity index is 515. The molecule has 0 fully saturated rings. The maximum Gasteiger partial charge on any atom is 0.253 e. The number of nitrogens with one attached hydrogen (secondary N) is 2. The summed E-state index contributed by atoms with van der Waals surface area (Å²) in [5.41, 5.74) is 1.01. The minimum absolute atomic E-state index is 0.0932. The van der Waals surface area contributed by atoms with Crippen LogP contribution < -0.4 is 10.6 Å². The highest BCUT2D eigenvalue weighted by Crippen LogP contribution is 2.15. The lowest BCUT2D eigenvalue weighted by Gasteiger charge is -2.14. The van der Waals surface area contributed by atoms with Crippen LogP contribution in [-0.4, -0.2) is 31.1 Å². The average Bonchev–Trinajstić information content (AvgIpc) is 2.51. The molecule has 1 aromatic carbocycles. The third-order valence-corrected chi connectivity index (χ3v) is 3.36. The summed E-state index contributed by atoms with van der Waals surface area (Å²) in [6, 6.07) is 7.12. The van der Waals surface area contributed by atoms with Gasteiger partial charge in [-0.15, -0.1) is 0 Å². The van der Waals surface area contributed by atoms with Crippen LogP contribution in [0.15, 0.2) is 24.3 Å². The standard InChI is InChI=1S/C18H28N2O3/c1-5-14(4)19-18(22)15-8-6-7-9-16(15)20-17(21)10-11-23-12-13(2)3/h6-9,13-14H,5,10-12H2,1-4H3,(H,19,22)(H,20,21). The highest BCUT2D eigenvalue weighted by atomic mass is 16.5. The Labute approximate surface area is 138 Å². The van der Waals surface area contributed by atoms with Gasteiger partial charge in [0.1, 0.15) is 0 Å². The molecule has 0 aliphatic carbocycles. The van der Waals surface area contributed by atoms with E-state index in [0.717, 1.165) is 6.42 Å².